The van der Waals surface area contributed by atoms with Gasteiger partial charge in [0.1, 0.15) is 0 Å². The van der Waals surface area contributed by atoms with E-state index < -0.39 is 11.9 Å². The van der Waals surface area contributed by atoms with Crippen molar-refractivity contribution in [3.8, 4) is 0 Å². The predicted molar refractivity (Wildman–Crippen MR) is 58.6 cm³/mol. The molecule has 0 aromatic heterocycles. The van der Waals surface area contributed by atoms with Crippen molar-refractivity contribution in [2.75, 3.05) is 6.54 Å². The minimum Gasteiger partial charge on any atom is -0.474 e. The number of aliphatic carboxylic acids is 1. The van der Waals surface area contributed by atoms with Crippen LogP contribution in [0.25, 0.3) is 0 Å². The number of nitrogens with one attached hydrogen (secondary N) is 1. The van der Waals surface area contributed by atoms with Crippen LogP contribution in [0.4, 0.5) is 0 Å². The first-order valence-electron chi connectivity index (χ1n) is 5.40. The van der Waals surface area contributed by atoms with Crippen molar-refractivity contribution in [1.82, 2.24) is 5.32 Å². The minimum absolute atomic E-state index is 0.0275. The molecule has 0 aromatic rings. The van der Waals surface area contributed by atoms with Crippen molar-refractivity contribution in [2.45, 2.75) is 46.5 Å². The molecule has 0 aliphatic heterocycles. The summed E-state index contributed by atoms with van der Waals surface area (Å²) in [6, 6.07) is 0. The van der Waals surface area contributed by atoms with E-state index in [0.29, 0.717) is 6.54 Å². The van der Waals surface area contributed by atoms with Crippen molar-refractivity contribution in [2.24, 2.45) is 5.41 Å². The van der Waals surface area contributed by atoms with Gasteiger partial charge in [-0.25, -0.2) is 4.79 Å². The first kappa shape index (κ1) is 13.9. The third-order valence-electron chi connectivity index (χ3n) is 2.38. The Bertz CT molecular complexity index is 224. The second-order valence-electron chi connectivity index (χ2n) is 4.61. The molecule has 0 unspecified atom stereocenters. The topological polar surface area (TPSA) is 66.4 Å². The number of carboxylic acid groups (broad SMARTS) is 1. The minimum atomic E-state index is -1.42. The Kier molecular flexibility index (Phi) is 5.97. The molecule has 0 fully saturated rings. The maximum absolute atomic E-state index is 10.8. The van der Waals surface area contributed by atoms with E-state index in [4.69, 9.17) is 5.11 Å². The Labute approximate surface area is 91.1 Å². The summed E-state index contributed by atoms with van der Waals surface area (Å²) in [6.07, 6.45) is 4.46. The molecule has 0 aliphatic carbocycles. The smallest absolute Gasteiger partial charge is 0.394 e. The normalized spacial score (nSPS) is 11.1. The molecule has 0 heterocycles. The highest BCUT2D eigenvalue weighted by molar-refractivity contribution is 6.31. The fraction of sp³-hybridized carbons (Fsp3) is 0.818. The van der Waals surface area contributed by atoms with Crippen molar-refractivity contribution in [1.29, 1.82) is 0 Å². The molecule has 4 heteroatoms. The molecule has 0 bridgehead atoms. The quantitative estimate of drug-likeness (QED) is 0.524. The first-order chi connectivity index (χ1) is 6.89. The van der Waals surface area contributed by atoms with Crippen LogP contribution < -0.4 is 5.32 Å². The van der Waals surface area contributed by atoms with Crippen LogP contribution in [0.1, 0.15) is 46.5 Å². The number of hydrogen-bond acceptors (Lipinski definition) is 2. The van der Waals surface area contributed by atoms with Crippen LogP contribution in [-0.4, -0.2) is 23.5 Å². The summed E-state index contributed by atoms with van der Waals surface area (Å²) in [6.45, 7) is 6.62. The summed E-state index contributed by atoms with van der Waals surface area (Å²) in [5.74, 6) is -2.34. The summed E-state index contributed by atoms with van der Waals surface area (Å²) in [7, 11) is 0. The Morgan fingerprint density at radius 2 is 1.87 bits per heavy atom. The van der Waals surface area contributed by atoms with Gasteiger partial charge < -0.3 is 10.4 Å². The highest BCUT2D eigenvalue weighted by Crippen LogP contribution is 2.22. The van der Waals surface area contributed by atoms with Crippen LogP contribution >= 0.6 is 0 Å². The zero-order chi connectivity index (χ0) is 11.9. The predicted octanol–water partition coefficient (Wildman–Crippen LogP) is 1.79. The molecule has 88 valence electrons. The molecule has 0 aromatic carbocycles. The highest BCUT2D eigenvalue weighted by Gasteiger charge is 2.20. The molecular formula is C11H21NO3. The molecule has 0 rings (SSSR count). The van der Waals surface area contributed by atoms with E-state index in [-0.39, 0.29) is 5.41 Å². The highest BCUT2D eigenvalue weighted by atomic mass is 16.4. The van der Waals surface area contributed by atoms with E-state index in [1.807, 2.05) is 13.8 Å². The Balaban J connectivity index is 3.82. The second kappa shape index (κ2) is 6.43. The van der Waals surface area contributed by atoms with Gasteiger partial charge in [-0.2, -0.15) is 0 Å². The average molecular weight is 215 g/mol. The third kappa shape index (κ3) is 6.94. The molecule has 15 heavy (non-hydrogen) atoms. The molecule has 0 radical (unpaired) electrons. The SMILES string of the molecule is CCCCCC(C)(C)CNC(=O)C(=O)O. The molecule has 1 amide bonds. The summed E-state index contributed by atoms with van der Waals surface area (Å²) in [4.78, 5) is 21.1. The Morgan fingerprint density at radius 1 is 1.27 bits per heavy atom. The van der Waals surface area contributed by atoms with Gasteiger partial charge in [0.05, 0.1) is 0 Å². The van der Waals surface area contributed by atoms with Gasteiger partial charge in [0.2, 0.25) is 0 Å². The number of carbonyl (C=O) groups is 2. The first-order valence-corrected chi connectivity index (χ1v) is 5.40. The summed E-state index contributed by atoms with van der Waals surface area (Å²) in [5, 5.41) is 10.8. The molecule has 0 saturated heterocycles. The fourth-order valence-corrected chi connectivity index (χ4v) is 1.34. The van der Waals surface area contributed by atoms with Gasteiger partial charge >= 0.3 is 11.9 Å². The zero-order valence-electron chi connectivity index (χ0n) is 9.80. The van der Waals surface area contributed by atoms with Gasteiger partial charge in [-0.1, -0.05) is 40.0 Å². The lowest BCUT2D eigenvalue weighted by Gasteiger charge is -2.24. The van der Waals surface area contributed by atoms with Crippen LogP contribution in [-0.2, 0) is 9.59 Å². The van der Waals surface area contributed by atoms with E-state index in [9.17, 15) is 9.59 Å². The number of carboxylic acids is 1. The van der Waals surface area contributed by atoms with Crippen LogP contribution in [0, 0.1) is 5.41 Å². The van der Waals surface area contributed by atoms with Gasteiger partial charge in [-0.3, -0.25) is 4.79 Å². The molecule has 0 spiro atoms. The van der Waals surface area contributed by atoms with Crippen molar-refractivity contribution in [3.63, 3.8) is 0 Å². The lowest BCUT2D eigenvalue weighted by Crippen LogP contribution is -2.37. The number of unbranched alkanes of at least 4 members (excludes halogenated alkanes) is 2. The molecule has 0 aliphatic rings. The number of hydrogen-bond donors (Lipinski definition) is 2. The van der Waals surface area contributed by atoms with Gasteiger partial charge in [0.25, 0.3) is 0 Å². The number of carbonyl (C=O) groups excluding carboxylic acids is 1. The van der Waals surface area contributed by atoms with E-state index in [0.717, 1.165) is 19.3 Å². The maximum atomic E-state index is 10.8. The third-order valence-corrected chi connectivity index (χ3v) is 2.38. The molecule has 0 saturated carbocycles. The van der Waals surface area contributed by atoms with E-state index in [1.54, 1.807) is 0 Å². The summed E-state index contributed by atoms with van der Waals surface area (Å²) < 4.78 is 0. The number of rotatable bonds is 6. The van der Waals surface area contributed by atoms with E-state index >= 15 is 0 Å². The standard InChI is InChI=1S/C11H21NO3/c1-4-5-6-7-11(2,3)8-12-9(13)10(14)15/h4-8H2,1-3H3,(H,12,13)(H,14,15). The van der Waals surface area contributed by atoms with Crippen molar-refractivity contribution >= 4 is 11.9 Å². The lowest BCUT2D eigenvalue weighted by atomic mass is 9.87. The van der Waals surface area contributed by atoms with Crippen LogP contribution in [0.5, 0.6) is 0 Å². The summed E-state index contributed by atoms with van der Waals surface area (Å²) >= 11 is 0. The van der Waals surface area contributed by atoms with Gasteiger partial charge in [0.15, 0.2) is 0 Å². The number of amides is 1. The van der Waals surface area contributed by atoms with Crippen LogP contribution in [0.2, 0.25) is 0 Å². The lowest BCUT2D eigenvalue weighted by molar-refractivity contribution is -0.150. The van der Waals surface area contributed by atoms with Crippen LogP contribution in [0.15, 0.2) is 0 Å². The molecule has 4 nitrogen and oxygen atoms in total. The maximum Gasteiger partial charge on any atom is 0.394 e. The fourth-order valence-electron chi connectivity index (χ4n) is 1.34. The zero-order valence-corrected chi connectivity index (χ0v) is 9.80. The Hall–Kier alpha value is -1.06. The monoisotopic (exact) mass is 215 g/mol. The van der Waals surface area contributed by atoms with Crippen molar-refractivity contribution in [3.05, 3.63) is 0 Å². The van der Waals surface area contributed by atoms with Crippen molar-refractivity contribution < 1.29 is 14.7 Å². The molecular weight excluding hydrogens is 194 g/mol. The molecule has 2 N–H and O–H groups in total. The second-order valence-corrected chi connectivity index (χ2v) is 4.61. The average Bonchev–Trinajstić information content (AvgIpc) is 2.14. The largest absolute Gasteiger partial charge is 0.474 e. The van der Waals surface area contributed by atoms with Gasteiger partial charge in [-0.05, 0) is 11.8 Å². The van der Waals surface area contributed by atoms with Gasteiger partial charge in [-0.15, -0.1) is 0 Å². The van der Waals surface area contributed by atoms with Gasteiger partial charge in [0, 0.05) is 6.54 Å². The summed E-state index contributed by atoms with van der Waals surface area (Å²) in [5.41, 5.74) is -0.0275. The molecule has 0 atom stereocenters. The van der Waals surface area contributed by atoms with E-state index in [2.05, 4.69) is 12.2 Å². The van der Waals surface area contributed by atoms with Crippen LogP contribution in [0.3, 0.4) is 0 Å². The Morgan fingerprint density at radius 3 is 2.33 bits per heavy atom. The van der Waals surface area contributed by atoms with E-state index in [1.165, 1.54) is 6.42 Å².